The van der Waals surface area contributed by atoms with Gasteiger partial charge in [0, 0.05) is 38.4 Å². The molecule has 1 fully saturated rings. The Morgan fingerprint density at radius 1 is 1.20 bits per heavy atom. The lowest BCUT2D eigenvalue weighted by Gasteiger charge is -2.35. The van der Waals surface area contributed by atoms with Crippen molar-refractivity contribution in [3.63, 3.8) is 0 Å². The largest absolute Gasteiger partial charge is 0.462 e. The number of rotatable bonds is 6. The Morgan fingerprint density at radius 3 is 2.56 bits per heavy atom. The zero-order chi connectivity index (χ0) is 17.6. The Hall–Kier alpha value is -2.31. The summed E-state index contributed by atoms with van der Waals surface area (Å²) in [5, 5.41) is 9.08. The summed E-state index contributed by atoms with van der Waals surface area (Å²) in [6.07, 6.45) is 0. The number of carbonyl (C=O) groups is 1. The third-order valence-corrected chi connectivity index (χ3v) is 4.48. The first-order valence-corrected chi connectivity index (χ1v) is 8.76. The maximum atomic E-state index is 12.4. The zero-order valence-electron chi connectivity index (χ0n) is 14.6. The van der Waals surface area contributed by atoms with Crippen molar-refractivity contribution in [3.05, 3.63) is 42.0 Å². The van der Waals surface area contributed by atoms with E-state index in [1.165, 1.54) is 0 Å². The third-order valence-electron chi connectivity index (χ3n) is 4.48. The number of nitrogens with zero attached hydrogens (tertiary/aromatic N) is 2. The number of H-pyrrole nitrogens is 1. The first-order valence-electron chi connectivity index (χ1n) is 8.76. The van der Waals surface area contributed by atoms with Crippen molar-refractivity contribution < 1.29 is 14.6 Å². The van der Waals surface area contributed by atoms with Crippen molar-refractivity contribution in [2.45, 2.75) is 6.92 Å². The van der Waals surface area contributed by atoms with Gasteiger partial charge in [0.15, 0.2) is 0 Å². The topological polar surface area (TPSA) is 68.8 Å². The van der Waals surface area contributed by atoms with E-state index in [1.807, 2.05) is 43.3 Å². The van der Waals surface area contributed by atoms with Gasteiger partial charge in [0.05, 0.1) is 13.2 Å². The van der Waals surface area contributed by atoms with E-state index in [9.17, 15) is 4.79 Å². The Bertz CT molecular complexity index is 691. The summed E-state index contributed by atoms with van der Waals surface area (Å²) >= 11 is 0. The number of piperazine rings is 1. The van der Waals surface area contributed by atoms with Crippen LogP contribution in [0.4, 0.5) is 5.82 Å². The molecule has 0 unspecified atom stereocenters. The fourth-order valence-electron chi connectivity index (χ4n) is 3.17. The molecule has 0 bridgehead atoms. The van der Waals surface area contributed by atoms with E-state index >= 15 is 0 Å². The minimum absolute atomic E-state index is 0.175. The Labute approximate surface area is 148 Å². The molecule has 2 N–H and O–H groups in total. The number of aliphatic hydroxyl groups excluding tert-OH is 1. The van der Waals surface area contributed by atoms with Crippen LogP contribution in [0.5, 0.6) is 0 Å². The maximum Gasteiger partial charge on any atom is 0.341 e. The van der Waals surface area contributed by atoms with Crippen molar-refractivity contribution in [1.82, 2.24) is 9.88 Å². The van der Waals surface area contributed by atoms with Crippen molar-refractivity contribution in [2.24, 2.45) is 0 Å². The highest BCUT2D eigenvalue weighted by Gasteiger charge is 2.24. The maximum absolute atomic E-state index is 12.4. The molecule has 0 spiro atoms. The second kappa shape index (κ2) is 8.18. The monoisotopic (exact) mass is 343 g/mol. The fourth-order valence-corrected chi connectivity index (χ4v) is 3.17. The van der Waals surface area contributed by atoms with E-state index in [2.05, 4.69) is 14.8 Å². The van der Waals surface area contributed by atoms with E-state index in [0.29, 0.717) is 18.7 Å². The summed E-state index contributed by atoms with van der Waals surface area (Å²) in [5.74, 6) is 0.523. The Kier molecular flexibility index (Phi) is 5.73. The van der Waals surface area contributed by atoms with E-state index in [4.69, 9.17) is 9.84 Å². The van der Waals surface area contributed by atoms with Gasteiger partial charge in [-0.3, -0.25) is 4.90 Å². The van der Waals surface area contributed by atoms with E-state index in [-0.39, 0.29) is 12.6 Å². The number of carbonyl (C=O) groups excluding carboxylic acids is 1. The quantitative estimate of drug-likeness (QED) is 0.785. The van der Waals surface area contributed by atoms with Gasteiger partial charge in [-0.25, -0.2) is 4.79 Å². The highest BCUT2D eigenvalue weighted by Crippen LogP contribution is 2.29. The number of esters is 1. The number of anilines is 1. The molecular formula is C19H25N3O3. The van der Waals surface area contributed by atoms with Gasteiger partial charge >= 0.3 is 5.97 Å². The fraction of sp³-hybridized carbons (Fsp3) is 0.421. The average Bonchev–Trinajstić information content (AvgIpc) is 3.09. The van der Waals surface area contributed by atoms with E-state index in [0.717, 1.165) is 43.3 Å². The smallest absolute Gasteiger partial charge is 0.341 e. The van der Waals surface area contributed by atoms with Gasteiger partial charge in [-0.05, 0) is 18.6 Å². The predicted molar refractivity (Wildman–Crippen MR) is 97.9 cm³/mol. The average molecular weight is 343 g/mol. The molecule has 1 aliphatic heterocycles. The molecule has 0 saturated carbocycles. The molecule has 3 rings (SSSR count). The first kappa shape index (κ1) is 17.5. The second-order valence-corrected chi connectivity index (χ2v) is 6.08. The van der Waals surface area contributed by atoms with Crippen LogP contribution in [-0.4, -0.2) is 66.9 Å². The standard InChI is InChI=1S/C19H25N3O3/c1-2-25-19(24)16-14-17(15-6-4-3-5-7-15)20-18(16)22-10-8-21(9-11-22)12-13-23/h3-7,14,20,23H,2,8-13H2,1H3. The summed E-state index contributed by atoms with van der Waals surface area (Å²) in [6, 6.07) is 11.8. The van der Waals surface area contributed by atoms with Gasteiger partial charge in [-0.1, -0.05) is 30.3 Å². The van der Waals surface area contributed by atoms with Crippen molar-refractivity contribution >= 4 is 11.8 Å². The number of aromatic amines is 1. The number of aromatic nitrogens is 1. The minimum atomic E-state index is -0.297. The van der Waals surface area contributed by atoms with E-state index in [1.54, 1.807) is 0 Å². The molecule has 0 radical (unpaired) electrons. The normalized spacial score (nSPS) is 15.4. The van der Waals surface area contributed by atoms with Crippen LogP contribution in [0.2, 0.25) is 0 Å². The van der Waals surface area contributed by atoms with Crippen LogP contribution < -0.4 is 4.90 Å². The van der Waals surface area contributed by atoms with Crippen LogP contribution in [0.15, 0.2) is 36.4 Å². The number of hydrogen-bond donors (Lipinski definition) is 2. The highest BCUT2D eigenvalue weighted by atomic mass is 16.5. The summed E-state index contributed by atoms with van der Waals surface area (Å²) in [7, 11) is 0. The predicted octanol–water partition coefficient (Wildman–Crippen LogP) is 1.97. The molecule has 0 amide bonds. The third kappa shape index (κ3) is 4.03. The lowest BCUT2D eigenvalue weighted by molar-refractivity contribution is 0.0527. The molecule has 6 nitrogen and oxygen atoms in total. The minimum Gasteiger partial charge on any atom is -0.462 e. The molecule has 1 aliphatic rings. The molecule has 2 aromatic rings. The van der Waals surface area contributed by atoms with Gasteiger partial charge in [-0.15, -0.1) is 0 Å². The number of ether oxygens (including phenoxy) is 1. The van der Waals surface area contributed by atoms with Crippen molar-refractivity contribution in [2.75, 3.05) is 50.8 Å². The van der Waals surface area contributed by atoms with Gasteiger partial charge < -0.3 is 19.7 Å². The van der Waals surface area contributed by atoms with Crippen LogP contribution in [0, 0.1) is 0 Å². The lowest BCUT2D eigenvalue weighted by atomic mass is 10.1. The van der Waals surface area contributed by atoms with Gasteiger partial charge in [0.2, 0.25) is 0 Å². The Balaban J connectivity index is 1.86. The zero-order valence-corrected chi connectivity index (χ0v) is 14.6. The molecule has 1 aromatic carbocycles. The highest BCUT2D eigenvalue weighted by molar-refractivity contribution is 5.97. The van der Waals surface area contributed by atoms with Gasteiger partial charge in [0.1, 0.15) is 11.4 Å². The van der Waals surface area contributed by atoms with Crippen LogP contribution in [-0.2, 0) is 4.74 Å². The molecule has 25 heavy (non-hydrogen) atoms. The molecular weight excluding hydrogens is 318 g/mol. The number of benzene rings is 1. The van der Waals surface area contributed by atoms with Gasteiger partial charge in [-0.2, -0.15) is 0 Å². The molecule has 134 valence electrons. The number of hydrogen-bond acceptors (Lipinski definition) is 5. The molecule has 6 heteroatoms. The number of nitrogens with one attached hydrogen (secondary N) is 1. The van der Waals surface area contributed by atoms with Crippen LogP contribution in [0.1, 0.15) is 17.3 Å². The van der Waals surface area contributed by atoms with Gasteiger partial charge in [0.25, 0.3) is 0 Å². The lowest BCUT2D eigenvalue weighted by Crippen LogP contribution is -2.47. The molecule has 0 aliphatic carbocycles. The summed E-state index contributed by atoms with van der Waals surface area (Å²) in [5.41, 5.74) is 2.53. The first-order chi connectivity index (χ1) is 12.2. The van der Waals surface area contributed by atoms with Crippen LogP contribution in [0.25, 0.3) is 11.3 Å². The van der Waals surface area contributed by atoms with Crippen LogP contribution >= 0.6 is 0 Å². The second-order valence-electron chi connectivity index (χ2n) is 6.08. The molecule has 1 saturated heterocycles. The molecule has 0 atom stereocenters. The van der Waals surface area contributed by atoms with Crippen molar-refractivity contribution in [1.29, 1.82) is 0 Å². The SMILES string of the molecule is CCOC(=O)c1cc(-c2ccccc2)[nH]c1N1CCN(CCO)CC1. The molecule has 1 aromatic heterocycles. The molecule has 2 heterocycles. The number of β-amino-alcohol motifs (C(OH)–C–C–N with tert-alkyl or cyclic N) is 1. The van der Waals surface area contributed by atoms with E-state index < -0.39 is 0 Å². The summed E-state index contributed by atoms with van der Waals surface area (Å²) < 4.78 is 5.24. The van der Waals surface area contributed by atoms with Crippen molar-refractivity contribution in [3.8, 4) is 11.3 Å². The summed E-state index contributed by atoms with van der Waals surface area (Å²) in [4.78, 5) is 20.2. The Morgan fingerprint density at radius 2 is 1.92 bits per heavy atom. The summed E-state index contributed by atoms with van der Waals surface area (Å²) in [6.45, 7) is 6.38. The van der Waals surface area contributed by atoms with Crippen LogP contribution in [0.3, 0.4) is 0 Å². The number of aliphatic hydroxyl groups is 1.